The molecule has 1 amide bonds. The zero-order chi connectivity index (χ0) is 11.6. The maximum Gasteiger partial charge on any atom is 0.222 e. The van der Waals surface area contributed by atoms with Gasteiger partial charge in [-0.05, 0) is 12.3 Å². The first kappa shape index (κ1) is 20.0. The van der Waals surface area contributed by atoms with Gasteiger partial charge in [-0.1, -0.05) is 48.5 Å². The second-order valence-corrected chi connectivity index (χ2v) is 3.77. The summed E-state index contributed by atoms with van der Waals surface area (Å²) in [6, 6.07) is 0. The lowest BCUT2D eigenvalue weighted by Gasteiger charge is -2.17. The molecule has 0 radical (unpaired) electrons. The van der Waals surface area contributed by atoms with Gasteiger partial charge in [-0.3, -0.25) is 4.79 Å². The number of carbonyl (C=O) groups is 1. The number of hydrogen-bond acceptors (Lipinski definition) is 1. The molecule has 0 aliphatic carbocycles. The van der Waals surface area contributed by atoms with Gasteiger partial charge < -0.3 is 4.90 Å². The molecule has 2 nitrogen and oxygen atoms in total. The summed E-state index contributed by atoms with van der Waals surface area (Å²) >= 11 is 0. The molecule has 0 aromatic carbocycles. The third kappa shape index (κ3) is 13.5. The van der Waals surface area contributed by atoms with Crippen LogP contribution < -0.4 is 0 Å². The molecule has 0 unspecified atom stereocenters. The molecule has 0 aromatic heterocycles. The van der Waals surface area contributed by atoms with Gasteiger partial charge in [0.05, 0.1) is 0 Å². The maximum atomic E-state index is 11.4. The Kier molecular flexibility index (Phi) is 17.9. The Morgan fingerprint density at radius 1 is 1.27 bits per heavy atom. The van der Waals surface area contributed by atoms with E-state index < -0.39 is 0 Å². The number of unbranched alkanes of at least 4 members (excludes halogenated alkanes) is 1. The van der Waals surface area contributed by atoms with Crippen LogP contribution in [0.2, 0.25) is 0 Å². The van der Waals surface area contributed by atoms with E-state index in [1.165, 1.54) is 0 Å². The minimum atomic E-state index is 0. The Morgan fingerprint density at radius 2 is 1.73 bits per heavy atom. The van der Waals surface area contributed by atoms with Gasteiger partial charge in [0.15, 0.2) is 0 Å². The maximum absolute atomic E-state index is 11.4. The van der Waals surface area contributed by atoms with Gasteiger partial charge in [0.25, 0.3) is 0 Å². The predicted octanol–water partition coefficient (Wildman–Crippen LogP) is 3.95. The van der Waals surface area contributed by atoms with Gasteiger partial charge in [0, 0.05) is 20.0 Å². The van der Waals surface area contributed by atoms with E-state index in [1.54, 1.807) is 0 Å². The van der Waals surface area contributed by atoms with Crippen molar-refractivity contribution in [3.8, 4) is 0 Å². The molecule has 0 saturated heterocycles. The van der Waals surface area contributed by atoms with Crippen LogP contribution in [0.1, 0.15) is 61.3 Å². The normalized spacial score (nSPS) is 8.73. The van der Waals surface area contributed by atoms with Crippen molar-refractivity contribution in [1.82, 2.24) is 4.90 Å². The molecule has 15 heavy (non-hydrogen) atoms. The van der Waals surface area contributed by atoms with Crippen molar-refractivity contribution in [2.45, 2.75) is 61.3 Å². The quantitative estimate of drug-likeness (QED) is 0.682. The first-order valence-corrected chi connectivity index (χ1v) is 5.81. The largest absolute Gasteiger partial charge is 0.346 e. The Labute approximate surface area is 97.1 Å². The van der Waals surface area contributed by atoms with Crippen molar-refractivity contribution in [3.63, 3.8) is 0 Å². The van der Waals surface area contributed by atoms with Crippen molar-refractivity contribution in [2.75, 3.05) is 13.6 Å². The molecule has 0 rings (SSSR count). The molecule has 0 fully saturated rings. The Morgan fingerprint density at radius 3 is 2.07 bits per heavy atom. The third-order valence-corrected chi connectivity index (χ3v) is 1.86. The summed E-state index contributed by atoms with van der Waals surface area (Å²) in [5.74, 6) is 0.750. The molecule has 2 heteroatoms. The van der Waals surface area contributed by atoms with E-state index in [0.717, 1.165) is 19.4 Å². The molecule has 0 bridgehead atoms. The Hall–Kier alpha value is -0.530. The van der Waals surface area contributed by atoms with E-state index in [-0.39, 0.29) is 13.3 Å². The molecular weight excluding hydrogens is 186 g/mol. The van der Waals surface area contributed by atoms with E-state index in [1.807, 2.05) is 25.8 Å². The zero-order valence-corrected chi connectivity index (χ0v) is 10.8. The minimum Gasteiger partial charge on any atom is -0.346 e. The summed E-state index contributed by atoms with van der Waals surface area (Å²) < 4.78 is 0. The van der Waals surface area contributed by atoms with E-state index in [9.17, 15) is 4.79 Å². The second kappa shape index (κ2) is 13.5. The van der Waals surface area contributed by atoms with Crippen molar-refractivity contribution in [2.24, 2.45) is 5.92 Å². The summed E-state index contributed by atoms with van der Waals surface area (Å²) in [5.41, 5.74) is 0. The summed E-state index contributed by atoms with van der Waals surface area (Å²) in [4.78, 5) is 13.2. The van der Waals surface area contributed by atoms with Crippen LogP contribution in [-0.4, -0.2) is 24.4 Å². The van der Waals surface area contributed by atoms with Gasteiger partial charge >= 0.3 is 0 Å². The molecule has 0 heterocycles. The first-order chi connectivity index (χ1) is 6.57. The fourth-order valence-corrected chi connectivity index (χ4v) is 1.03. The van der Waals surface area contributed by atoms with Crippen molar-refractivity contribution in [3.05, 3.63) is 0 Å². The number of carbonyl (C=O) groups excluding carboxylic acids is 1. The van der Waals surface area contributed by atoms with Crippen LogP contribution in [0.4, 0.5) is 0 Å². The van der Waals surface area contributed by atoms with Crippen LogP contribution in [-0.2, 0) is 4.79 Å². The summed E-state index contributed by atoms with van der Waals surface area (Å²) in [5, 5.41) is 0. The predicted molar refractivity (Wildman–Crippen MR) is 70.1 cm³/mol. The molecule has 0 aliphatic heterocycles. The highest BCUT2D eigenvalue weighted by atomic mass is 16.2. The third-order valence-electron chi connectivity index (χ3n) is 1.86. The molecule has 94 valence electrons. The van der Waals surface area contributed by atoms with Gasteiger partial charge in [-0.2, -0.15) is 0 Å². The van der Waals surface area contributed by atoms with Crippen LogP contribution in [0, 0.1) is 5.92 Å². The second-order valence-electron chi connectivity index (χ2n) is 3.77. The highest BCUT2D eigenvalue weighted by molar-refractivity contribution is 5.75. The van der Waals surface area contributed by atoms with Crippen LogP contribution in [0.5, 0.6) is 0 Å². The summed E-state index contributed by atoms with van der Waals surface area (Å²) in [6.07, 6.45) is 2.94. The van der Waals surface area contributed by atoms with Gasteiger partial charge in [0.1, 0.15) is 0 Å². The average Bonchev–Trinajstić information content (AvgIpc) is 2.16. The Balaban J connectivity index is -0.000000449. The number of rotatable bonds is 5. The minimum absolute atomic E-state index is 0. The number of nitrogens with zero attached hydrogens (tertiary/aromatic N) is 1. The average molecular weight is 217 g/mol. The fraction of sp³-hybridized carbons (Fsp3) is 0.923. The number of hydrogen-bond donors (Lipinski definition) is 0. The topological polar surface area (TPSA) is 20.3 Å². The standard InChI is InChI=1S/C10H21NO.C2H6.CH4/c1-5-6-7-11(4)10(12)8-9(2)3;1-2;/h9H,5-8H2,1-4H3;1-2H3;1H4. The fourth-order valence-electron chi connectivity index (χ4n) is 1.03. The molecular formula is C13H31NO. The van der Waals surface area contributed by atoms with Gasteiger partial charge in [-0.25, -0.2) is 0 Å². The van der Waals surface area contributed by atoms with Crippen molar-refractivity contribution >= 4 is 5.91 Å². The molecule has 0 aliphatic rings. The van der Waals surface area contributed by atoms with Crippen LogP contribution in [0.3, 0.4) is 0 Å². The highest BCUT2D eigenvalue weighted by Gasteiger charge is 2.09. The smallest absolute Gasteiger partial charge is 0.222 e. The number of amides is 1. The van der Waals surface area contributed by atoms with E-state index in [2.05, 4.69) is 20.8 Å². The van der Waals surface area contributed by atoms with Crippen molar-refractivity contribution in [1.29, 1.82) is 0 Å². The molecule has 0 aromatic rings. The lowest BCUT2D eigenvalue weighted by atomic mass is 10.1. The van der Waals surface area contributed by atoms with E-state index >= 15 is 0 Å². The van der Waals surface area contributed by atoms with Gasteiger partial charge in [-0.15, -0.1) is 0 Å². The summed E-state index contributed by atoms with van der Waals surface area (Å²) in [6.45, 7) is 11.2. The monoisotopic (exact) mass is 217 g/mol. The van der Waals surface area contributed by atoms with Gasteiger partial charge in [0.2, 0.25) is 5.91 Å². The molecule has 0 N–H and O–H groups in total. The van der Waals surface area contributed by atoms with Crippen molar-refractivity contribution < 1.29 is 4.79 Å². The lowest BCUT2D eigenvalue weighted by Crippen LogP contribution is -2.28. The van der Waals surface area contributed by atoms with E-state index in [4.69, 9.17) is 0 Å². The molecule has 0 saturated carbocycles. The highest BCUT2D eigenvalue weighted by Crippen LogP contribution is 2.03. The molecule has 0 spiro atoms. The summed E-state index contributed by atoms with van der Waals surface area (Å²) in [7, 11) is 1.89. The Bertz CT molecular complexity index is 132. The lowest BCUT2D eigenvalue weighted by molar-refractivity contribution is -0.130. The van der Waals surface area contributed by atoms with Crippen LogP contribution in [0.15, 0.2) is 0 Å². The van der Waals surface area contributed by atoms with E-state index in [0.29, 0.717) is 12.3 Å². The van der Waals surface area contributed by atoms with Crippen LogP contribution >= 0.6 is 0 Å². The SMILES string of the molecule is C.CC.CCCCN(C)C(=O)CC(C)C. The first-order valence-electron chi connectivity index (χ1n) is 5.81. The van der Waals surface area contributed by atoms with Crippen LogP contribution in [0.25, 0.3) is 0 Å². The molecule has 0 atom stereocenters. The zero-order valence-electron chi connectivity index (χ0n) is 10.8.